The van der Waals surface area contributed by atoms with E-state index >= 15 is 0 Å². The fraction of sp³-hybridized carbons (Fsp3) is 0.429. The molecule has 0 aliphatic carbocycles. The summed E-state index contributed by atoms with van der Waals surface area (Å²) in [5, 5.41) is 3.44. The molecule has 11 heavy (non-hydrogen) atoms. The van der Waals surface area contributed by atoms with Gasteiger partial charge in [0.15, 0.2) is 0 Å². The second-order valence-corrected chi connectivity index (χ2v) is 2.60. The number of nitrogens with two attached hydrogens (primary N) is 1. The summed E-state index contributed by atoms with van der Waals surface area (Å²) in [4.78, 5) is 3.98. The zero-order chi connectivity index (χ0) is 8.27. The maximum atomic E-state index is 5.02. The third-order valence-electron chi connectivity index (χ3n) is 1.46. The summed E-state index contributed by atoms with van der Waals surface area (Å²) in [5.41, 5.74) is 0.933. The van der Waals surface area contributed by atoms with Crippen molar-refractivity contribution in [2.75, 3.05) is 0 Å². The fourth-order valence-corrected chi connectivity index (χ4v) is 0.923. The predicted molar refractivity (Wildman–Crippen MR) is 44.4 cm³/mol. The van der Waals surface area contributed by atoms with E-state index in [0.717, 1.165) is 5.69 Å². The van der Waals surface area contributed by atoms with Crippen molar-refractivity contribution < 1.29 is 0 Å². The Morgan fingerprint density at radius 1 is 1.73 bits per heavy atom. The van der Waals surface area contributed by atoms with Crippen LogP contribution in [0.1, 0.15) is 25.6 Å². The van der Waals surface area contributed by atoms with Crippen LogP contribution in [-0.4, -0.2) is 15.8 Å². The average molecular weight is 152 g/mol. The van der Waals surface area contributed by atoms with Crippen LogP contribution in [0.3, 0.4) is 0 Å². The van der Waals surface area contributed by atoms with Gasteiger partial charge in [-0.3, -0.25) is 0 Å². The van der Waals surface area contributed by atoms with E-state index in [9.17, 15) is 0 Å². The lowest BCUT2D eigenvalue weighted by atomic mass is 10.3. The van der Waals surface area contributed by atoms with E-state index in [2.05, 4.69) is 23.9 Å². The maximum Gasteiger partial charge on any atom is 0.0953 e. The van der Waals surface area contributed by atoms with E-state index in [1.54, 1.807) is 18.7 Å². The SMILES string of the molecule is CC(C)n1cncc1/C=N/N. The van der Waals surface area contributed by atoms with Gasteiger partial charge in [-0.15, -0.1) is 0 Å². The van der Waals surface area contributed by atoms with E-state index in [1.807, 2.05) is 4.57 Å². The molecule has 0 saturated heterocycles. The monoisotopic (exact) mass is 152 g/mol. The number of imidazole rings is 1. The van der Waals surface area contributed by atoms with E-state index in [0.29, 0.717) is 6.04 Å². The van der Waals surface area contributed by atoms with Crippen LogP contribution in [0.25, 0.3) is 0 Å². The molecule has 2 N–H and O–H groups in total. The van der Waals surface area contributed by atoms with Gasteiger partial charge in [-0.2, -0.15) is 5.10 Å². The molecule has 0 atom stereocenters. The van der Waals surface area contributed by atoms with Gasteiger partial charge in [-0.1, -0.05) is 0 Å². The lowest BCUT2D eigenvalue weighted by Crippen LogP contribution is -2.03. The Labute approximate surface area is 65.7 Å². The number of aromatic nitrogens is 2. The smallest absolute Gasteiger partial charge is 0.0953 e. The van der Waals surface area contributed by atoms with Crippen LogP contribution in [0.2, 0.25) is 0 Å². The van der Waals surface area contributed by atoms with Gasteiger partial charge in [0, 0.05) is 6.04 Å². The van der Waals surface area contributed by atoms with Crippen molar-refractivity contribution >= 4 is 6.21 Å². The summed E-state index contributed by atoms with van der Waals surface area (Å²) in [6.45, 7) is 4.16. The van der Waals surface area contributed by atoms with Crippen molar-refractivity contribution in [1.82, 2.24) is 9.55 Å². The van der Waals surface area contributed by atoms with Crippen molar-refractivity contribution in [3.8, 4) is 0 Å². The van der Waals surface area contributed by atoms with Gasteiger partial charge in [0.2, 0.25) is 0 Å². The molecule has 1 aromatic rings. The molecule has 0 radical (unpaired) electrons. The van der Waals surface area contributed by atoms with E-state index in [-0.39, 0.29) is 0 Å². The first-order valence-electron chi connectivity index (χ1n) is 3.50. The highest BCUT2D eigenvalue weighted by Crippen LogP contribution is 2.05. The van der Waals surface area contributed by atoms with Crippen LogP contribution >= 0.6 is 0 Å². The lowest BCUT2D eigenvalue weighted by molar-refractivity contribution is 0.597. The maximum absolute atomic E-state index is 5.02. The summed E-state index contributed by atoms with van der Waals surface area (Å²) in [7, 11) is 0. The molecule has 0 unspecified atom stereocenters. The highest BCUT2D eigenvalue weighted by molar-refractivity contribution is 5.76. The van der Waals surface area contributed by atoms with Gasteiger partial charge < -0.3 is 10.4 Å². The third kappa shape index (κ3) is 1.58. The Morgan fingerprint density at radius 2 is 2.45 bits per heavy atom. The minimum atomic E-state index is 0.394. The molecule has 0 aromatic carbocycles. The van der Waals surface area contributed by atoms with Gasteiger partial charge >= 0.3 is 0 Å². The van der Waals surface area contributed by atoms with Crippen LogP contribution in [-0.2, 0) is 0 Å². The van der Waals surface area contributed by atoms with Gasteiger partial charge in [0.05, 0.1) is 24.4 Å². The summed E-state index contributed by atoms with van der Waals surface area (Å²) >= 11 is 0. The van der Waals surface area contributed by atoms with Crippen LogP contribution in [0.15, 0.2) is 17.6 Å². The molecule has 60 valence electrons. The molecule has 0 amide bonds. The van der Waals surface area contributed by atoms with Crippen LogP contribution < -0.4 is 5.84 Å². The van der Waals surface area contributed by atoms with Gasteiger partial charge in [0.25, 0.3) is 0 Å². The molecule has 4 heteroatoms. The number of nitrogens with zero attached hydrogens (tertiary/aromatic N) is 3. The topological polar surface area (TPSA) is 56.2 Å². The second kappa shape index (κ2) is 3.18. The van der Waals surface area contributed by atoms with Crippen molar-refractivity contribution in [3.63, 3.8) is 0 Å². The van der Waals surface area contributed by atoms with Crippen LogP contribution in [0.5, 0.6) is 0 Å². The van der Waals surface area contributed by atoms with Crippen LogP contribution in [0, 0.1) is 0 Å². The van der Waals surface area contributed by atoms with E-state index in [4.69, 9.17) is 5.84 Å². The van der Waals surface area contributed by atoms with Crippen molar-refractivity contribution in [3.05, 3.63) is 18.2 Å². The first kappa shape index (κ1) is 7.78. The van der Waals surface area contributed by atoms with Gasteiger partial charge in [0.1, 0.15) is 0 Å². The minimum Gasteiger partial charge on any atom is -0.327 e. The summed E-state index contributed by atoms with van der Waals surface area (Å²) in [6, 6.07) is 0.394. The predicted octanol–water partition coefficient (Wildman–Crippen LogP) is 0.757. The molecular formula is C7H12N4. The zero-order valence-electron chi connectivity index (χ0n) is 6.73. The second-order valence-electron chi connectivity index (χ2n) is 2.60. The minimum absolute atomic E-state index is 0.394. The number of hydrazone groups is 1. The summed E-state index contributed by atoms with van der Waals surface area (Å²) in [5.74, 6) is 5.02. The summed E-state index contributed by atoms with van der Waals surface area (Å²) < 4.78 is 2.00. The zero-order valence-corrected chi connectivity index (χ0v) is 6.73. The number of rotatable bonds is 2. The Balaban J connectivity index is 2.96. The normalized spacial score (nSPS) is 11.5. The Hall–Kier alpha value is -1.32. The van der Waals surface area contributed by atoms with Crippen molar-refractivity contribution in [1.29, 1.82) is 0 Å². The molecule has 0 fully saturated rings. The fourth-order valence-electron chi connectivity index (χ4n) is 0.923. The molecule has 1 heterocycles. The molecule has 0 spiro atoms. The number of hydrogen-bond acceptors (Lipinski definition) is 3. The third-order valence-corrected chi connectivity index (χ3v) is 1.46. The summed E-state index contributed by atoms with van der Waals surface area (Å²) in [6.07, 6.45) is 5.09. The Kier molecular flexibility index (Phi) is 2.25. The average Bonchev–Trinajstić information content (AvgIpc) is 2.36. The highest BCUT2D eigenvalue weighted by atomic mass is 15.1. The van der Waals surface area contributed by atoms with Crippen LogP contribution in [0.4, 0.5) is 0 Å². The highest BCUT2D eigenvalue weighted by Gasteiger charge is 2.01. The first-order valence-corrected chi connectivity index (χ1v) is 3.50. The van der Waals surface area contributed by atoms with Gasteiger partial charge in [-0.05, 0) is 13.8 Å². The molecule has 1 aromatic heterocycles. The molecule has 1 rings (SSSR count). The molecule has 0 bridgehead atoms. The number of hydrogen-bond donors (Lipinski definition) is 1. The van der Waals surface area contributed by atoms with E-state index in [1.165, 1.54) is 0 Å². The van der Waals surface area contributed by atoms with E-state index < -0.39 is 0 Å². The largest absolute Gasteiger partial charge is 0.327 e. The molecular weight excluding hydrogens is 140 g/mol. The van der Waals surface area contributed by atoms with Crippen molar-refractivity contribution in [2.24, 2.45) is 10.9 Å². The standard InChI is InChI=1S/C7H12N4/c1-6(2)11-5-9-3-7(11)4-10-8/h3-6H,8H2,1-2H3/b10-4+. The molecule has 0 saturated carbocycles. The molecule has 0 aliphatic heterocycles. The van der Waals surface area contributed by atoms with Crippen molar-refractivity contribution in [2.45, 2.75) is 19.9 Å². The lowest BCUT2D eigenvalue weighted by Gasteiger charge is -2.07. The quantitative estimate of drug-likeness (QED) is 0.386. The first-order chi connectivity index (χ1) is 5.25. The molecule has 0 aliphatic rings. The molecule has 4 nitrogen and oxygen atoms in total. The Morgan fingerprint density at radius 3 is 3.00 bits per heavy atom. The Bertz CT molecular complexity index is 249. The van der Waals surface area contributed by atoms with Gasteiger partial charge in [-0.25, -0.2) is 4.98 Å².